The van der Waals surface area contributed by atoms with E-state index in [1.807, 2.05) is 0 Å². The third kappa shape index (κ3) is 3.65. The second-order valence-corrected chi connectivity index (χ2v) is 11.6. The van der Waals surface area contributed by atoms with Crippen LogP contribution < -0.4 is 5.32 Å². The van der Waals surface area contributed by atoms with Crippen LogP contribution in [0, 0.1) is 23.2 Å². The first-order valence-electron chi connectivity index (χ1n) is 10.9. The lowest BCUT2D eigenvalue weighted by atomic mass is 9.49. The van der Waals surface area contributed by atoms with Crippen molar-refractivity contribution >= 4 is 16.1 Å². The van der Waals surface area contributed by atoms with Crippen molar-refractivity contribution in [3.8, 4) is 0 Å². The highest BCUT2D eigenvalue weighted by Gasteiger charge is 2.50. The molecular formula is C21H30N4O3S. The second-order valence-electron chi connectivity index (χ2n) is 9.66. The van der Waals surface area contributed by atoms with Crippen LogP contribution in [0.15, 0.2) is 29.4 Å². The molecule has 2 amide bonds. The van der Waals surface area contributed by atoms with Crippen molar-refractivity contribution < 1.29 is 13.2 Å². The van der Waals surface area contributed by atoms with Crippen molar-refractivity contribution in [3.63, 3.8) is 0 Å². The minimum absolute atomic E-state index is 0.0424. The zero-order valence-corrected chi connectivity index (χ0v) is 17.6. The average molecular weight is 419 g/mol. The summed E-state index contributed by atoms with van der Waals surface area (Å²) in [4.78, 5) is 18.6. The van der Waals surface area contributed by atoms with Crippen LogP contribution in [0.4, 0.5) is 4.79 Å². The fourth-order valence-electron chi connectivity index (χ4n) is 6.66. The molecule has 4 aliphatic carbocycles. The number of rotatable bonds is 4. The Balaban J connectivity index is 1.15. The van der Waals surface area contributed by atoms with Gasteiger partial charge in [-0.1, -0.05) is 0 Å². The minimum Gasteiger partial charge on any atom is -0.337 e. The van der Waals surface area contributed by atoms with Crippen molar-refractivity contribution in [2.24, 2.45) is 23.2 Å². The number of sulfonamides is 1. The molecule has 7 nitrogen and oxygen atoms in total. The molecule has 1 N–H and O–H groups in total. The number of hydrogen-bond acceptors (Lipinski definition) is 4. The smallest absolute Gasteiger partial charge is 0.317 e. The molecule has 1 aromatic heterocycles. The normalized spacial score (nSPS) is 34.3. The maximum absolute atomic E-state index is 12.8. The number of nitrogens with zero attached hydrogens (tertiary/aromatic N) is 3. The van der Waals surface area contributed by atoms with Gasteiger partial charge in [0.1, 0.15) is 4.90 Å². The van der Waals surface area contributed by atoms with Crippen LogP contribution in [-0.4, -0.2) is 61.4 Å². The van der Waals surface area contributed by atoms with Crippen molar-refractivity contribution in [2.75, 3.05) is 32.7 Å². The highest BCUT2D eigenvalue weighted by atomic mass is 32.2. The maximum Gasteiger partial charge on any atom is 0.317 e. The zero-order valence-electron chi connectivity index (χ0n) is 16.8. The number of carbonyl (C=O) groups is 1. The molecule has 0 spiro atoms. The Labute approximate surface area is 172 Å². The van der Waals surface area contributed by atoms with Crippen molar-refractivity contribution in [3.05, 3.63) is 24.5 Å². The molecule has 2 heterocycles. The average Bonchev–Trinajstić information content (AvgIpc) is 2.72. The molecule has 5 aliphatic rings. The third-order valence-electron chi connectivity index (χ3n) is 7.58. The molecule has 0 atom stereocenters. The van der Waals surface area contributed by atoms with E-state index in [4.69, 9.17) is 0 Å². The molecule has 1 aromatic rings. The predicted octanol–water partition coefficient (Wildman–Crippen LogP) is 2.31. The molecule has 29 heavy (non-hydrogen) atoms. The molecule has 6 rings (SSSR count). The summed E-state index contributed by atoms with van der Waals surface area (Å²) in [5.41, 5.74) is 0.315. The number of piperazine rings is 1. The Morgan fingerprint density at radius 1 is 1.07 bits per heavy atom. The van der Waals surface area contributed by atoms with Gasteiger partial charge in [0.05, 0.1) is 0 Å². The molecule has 1 saturated heterocycles. The first-order valence-corrected chi connectivity index (χ1v) is 12.3. The predicted molar refractivity (Wildman–Crippen MR) is 109 cm³/mol. The molecule has 4 saturated carbocycles. The van der Waals surface area contributed by atoms with Crippen molar-refractivity contribution in [1.29, 1.82) is 0 Å². The van der Waals surface area contributed by atoms with E-state index in [-0.39, 0.29) is 10.9 Å². The lowest BCUT2D eigenvalue weighted by Gasteiger charge is -2.57. The van der Waals surface area contributed by atoms with Gasteiger partial charge in [-0.05, 0) is 73.8 Å². The monoisotopic (exact) mass is 418 g/mol. The molecule has 0 radical (unpaired) electrons. The Morgan fingerprint density at radius 2 is 1.69 bits per heavy atom. The Morgan fingerprint density at radius 3 is 2.24 bits per heavy atom. The standard InChI is InChI=1S/C21H30N4O3S/c26-20(23-15-21-11-16-8-17(12-21)10-18(9-16)13-21)24-4-6-25(7-5-24)29(27,28)19-2-1-3-22-14-19/h1-3,14,16-18H,4-13,15H2,(H,23,26). The van der Waals surface area contributed by atoms with Crippen molar-refractivity contribution in [2.45, 2.75) is 43.4 Å². The van der Waals surface area contributed by atoms with E-state index < -0.39 is 10.0 Å². The van der Waals surface area contributed by atoms with Crippen LogP contribution in [0.25, 0.3) is 0 Å². The number of nitrogens with one attached hydrogen (secondary N) is 1. The van der Waals surface area contributed by atoms with Crippen molar-refractivity contribution in [1.82, 2.24) is 19.5 Å². The molecule has 0 unspecified atom stereocenters. The zero-order chi connectivity index (χ0) is 20.1. The number of hydrogen-bond donors (Lipinski definition) is 1. The van der Waals surface area contributed by atoms with Gasteiger partial charge in [0.25, 0.3) is 0 Å². The summed E-state index contributed by atoms with van der Waals surface area (Å²) in [6, 6.07) is 3.15. The number of pyridine rings is 1. The van der Waals surface area contributed by atoms with E-state index in [0.717, 1.165) is 24.3 Å². The van der Waals surface area contributed by atoms with Gasteiger partial charge in [-0.2, -0.15) is 4.31 Å². The van der Waals surface area contributed by atoms with Gasteiger partial charge >= 0.3 is 6.03 Å². The summed E-state index contributed by atoms with van der Waals surface area (Å²) in [6.45, 7) is 2.27. The molecule has 1 aliphatic heterocycles. The van der Waals surface area contributed by atoms with E-state index in [1.165, 1.54) is 49.0 Å². The Hall–Kier alpha value is -1.67. The lowest BCUT2D eigenvalue weighted by molar-refractivity contribution is -0.0503. The number of aromatic nitrogens is 1. The maximum atomic E-state index is 12.8. The van der Waals surface area contributed by atoms with E-state index in [2.05, 4.69) is 10.3 Å². The number of amides is 2. The summed E-state index contributed by atoms with van der Waals surface area (Å²) < 4.78 is 26.9. The fourth-order valence-corrected chi connectivity index (χ4v) is 8.05. The van der Waals surface area contributed by atoms with E-state index in [9.17, 15) is 13.2 Å². The lowest BCUT2D eigenvalue weighted by Crippen LogP contribution is -2.56. The molecular weight excluding hydrogens is 388 g/mol. The Kier molecular flexibility index (Phi) is 4.81. The number of carbonyl (C=O) groups excluding carboxylic acids is 1. The van der Waals surface area contributed by atoms with Gasteiger partial charge in [-0.25, -0.2) is 13.2 Å². The fraction of sp³-hybridized carbons (Fsp3) is 0.714. The first-order chi connectivity index (χ1) is 13.9. The van der Waals surface area contributed by atoms with Gasteiger partial charge in [0.15, 0.2) is 0 Å². The van der Waals surface area contributed by atoms with E-state index in [0.29, 0.717) is 31.6 Å². The first kappa shape index (κ1) is 19.3. The number of urea groups is 1. The van der Waals surface area contributed by atoms with Gasteiger partial charge in [-0.15, -0.1) is 0 Å². The minimum atomic E-state index is -3.54. The van der Waals surface area contributed by atoms with Gasteiger partial charge < -0.3 is 10.2 Å². The van der Waals surface area contributed by atoms with Crippen LogP contribution in [0.1, 0.15) is 38.5 Å². The van der Waals surface area contributed by atoms with Crippen LogP contribution in [-0.2, 0) is 10.0 Å². The highest BCUT2D eigenvalue weighted by Crippen LogP contribution is 2.59. The van der Waals surface area contributed by atoms with Gasteiger partial charge in [0, 0.05) is 45.1 Å². The van der Waals surface area contributed by atoms with E-state index in [1.54, 1.807) is 23.2 Å². The van der Waals surface area contributed by atoms with Crippen LogP contribution in [0.3, 0.4) is 0 Å². The van der Waals surface area contributed by atoms with E-state index >= 15 is 0 Å². The third-order valence-corrected chi connectivity index (χ3v) is 9.46. The highest BCUT2D eigenvalue weighted by molar-refractivity contribution is 7.89. The molecule has 158 valence electrons. The molecule has 0 aromatic carbocycles. The quantitative estimate of drug-likeness (QED) is 0.813. The summed E-state index contributed by atoms with van der Waals surface area (Å²) in [5.74, 6) is 2.62. The van der Waals surface area contributed by atoms with Crippen LogP contribution in [0.2, 0.25) is 0 Å². The largest absolute Gasteiger partial charge is 0.337 e. The summed E-state index contributed by atoms with van der Waals surface area (Å²) >= 11 is 0. The summed E-state index contributed by atoms with van der Waals surface area (Å²) in [6.07, 6.45) is 11.0. The molecule has 5 fully saturated rings. The second kappa shape index (κ2) is 7.23. The summed E-state index contributed by atoms with van der Waals surface area (Å²) in [5, 5.41) is 3.20. The van der Waals surface area contributed by atoms with Gasteiger partial charge in [0.2, 0.25) is 10.0 Å². The summed E-state index contributed by atoms with van der Waals surface area (Å²) in [7, 11) is -3.54. The van der Waals surface area contributed by atoms with Gasteiger partial charge in [-0.3, -0.25) is 4.98 Å². The molecule has 8 heteroatoms. The SMILES string of the molecule is O=C(NCC12CC3CC(CC(C3)C1)C2)N1CCN(S(=O)(=O)c2cccnc2)CC1. The topological polar surface area (TPSA) is 82.6 Å². The Bertz CT molecular complexity index is 830. The molecule has 4 bridgehead atoms. The van der Waals surface area contributed by atoms with Crippen LogP contribution in [0.5, 0.6) is 0 Å². The van der Waals surface area contributed by atoms with Crippen LogP contribution >= 0.6 is 0 Å².